The van der Waals surface area contributed by atoms with Crippen LogP contribution in [0.2, 0.25) is 0 Å². The average Bonchev–Trinajstić information content (AvgIpc) is 3.02. The molecule has 0 aromatic carbocycles. The fourth-order valence-electron chi connectivity index (χ4n) is 4.44. The Bertz CT molecular complexity index is 534. The third kappa shape index (κ3) is 78.4. The van der Waals surface area contributed by atoms with Crippen molar-refractivity contribution in [3.8, 4) is 0 Å². The molecule has 11 nitrogen and oxygen atoms in total. The maximum atomic E-state index is 8.88. The van der Waals surface area contributed by atoms with Gasteiger partial charge in [0.1, 0.15) is 0 Å². The van der Waals surface area contributed by atoms with Crippen molar-refractivity contribution in [3.63, 3.8) is 0 Å². The summed E-state index contributed by atoms with van der Waals surface area (Å²) in [6.45, 7) is 32.3. The molecule has 0 spiro atoms. The molecule has 0 aromatic heterocycles. The van der Waals surface area contributed by atoms with Crippen LogP contribution >= 0.6 is 15.6 Å². The summed E-state index contributed by atoms with van der Waals surface area (Å²) in [5.41, 5.74) is 0. The number of rotatable bonds is 27. The maximum Gasteiger partial charge on any atom is 0.466 e. The van der Waals surface area contributed by atoms with Crippen molar-refractivity contribution in [2.45, 2.75) is 178 Å². The first-order valence-electron chi connectivity index (χ1n) is 19.8. The van der Waals surface area contributed by atoms with E-state index in [9.17, 15) is 0 Å². The van der Waals surface area contributed by atoms with Crippen LogP contribution in [0.5, 0.6) is 0 Å². The molecule has 13 heteroatoms. The molecule has 304 valence electrons. The Morgan fingerprint density at radius 2 is 0.367 bits per heavy atom. The lowest BCUT2D eigenvalue weighted by Gasteiger charge is -2.21. The summed E-state index contributed by atoms with van der Waals surface area (Å²) in [4.78, 5) is 51.0. The molecule has 0 saturated heterocycles. The summed E-state index contributed by atoms with van der Waals surface area (Å²) >= 11 is 0. The average molecular weight is 752 g/mol. The molecule has 0 saturated carbocycles. The number of hydrogen-bond donors (Lipinski definition) is 6. The van der Waals surface area contributed by atoms with Crippen molar-refractivity contribution < 1.29 is 38.5 Å². The first-order valence-corrected chi connectivity index (χ1v) is 22.9. The highest BCUT2D eigenvalue weighted by atomic mass is 31.2. The third-order valence-electron chi connectivity index (χ3n) is 7.45. The van der Waals surface area contributed by atoms with Gasteiger partial charge >= 0.3 is 15.6 Å². The Morgan fingerprint density at radius 3 is 0.429 bits per heavy atom. The first-order chi connectivity index (χ1) is 23.0. The predicted octanol–water partition coefficient (Wildman–Crippen LogP) is 9.21. The summed E-state index contributed by atoms with van der Waals surface area (Å²) in [7, 11) is -9.28. The lowest BCUT2D eigenvalue weighted by atomic mass is 10.2. The number of nitrogens with zero attached hydrogens (tertiary/aromatic N) is 3. The van der Waals surface area contributed by atoms with Gasteiger partial charge in [-0.1, -0.05) is 120 Å². The lowest BCUT2D eigenvalue weighted by Crippen LogP contribution is -2.27. The Kier molecular flexibility index (Phi) is 55.0. The van der Waals surface area contributed by atoms with Crippen molar-refractivity contribution in [3.05, 3.63) is 0 Å². The SMILES string of the molecule is CCCCN(CCCC)CCCC.CCCCN(CCCC)CCCC.CCCCN(CCCC)CCCC.O=P(O)(O)O.O=P(O)(O)O. The van der Waals surface area contributed by atoms with E-state index in [1.807, 2.05) is 0 Å². The minimum absolute atomic E-state index is 1.32. The molecular formula is C36H87N3O8P2. The Hall–Kier alpha value is 0.1000. The van der Waals surface area contributed by atoms with Crippen LogP contribution in [0.3, 0.4) is 0 Å². The molecule has 0 atom stereocenters. The molecule has 0 radical (unpaired) electrons. The highest BCUT2D eigenvalue weighted by Crippen LogP contribution is 2.26. The minimum Gasteiger partial charge on any atom is -0.303 e. The Balaban J connectivity index is -0.000000173. The molecule has 0 amide bonds. The van der Waals surface area contributed by atoms with Crippen LogP contribution in [0.15, 0.2) is 0 Å². The largest absolute Gasteiger partial charge is 0.466 e. The number of hydrogen-bond acceptors (Lipinski definition) is 5. The first kappa shape index (κ1) is 58.4. The van der Waals surface area contributed by atoms with Gasteiger partial charge in [0.2, 0.25) is 0 Å². The fraction of sp³-hybridized carbons (Fsp3) is 1.00. The van der Waals surface area contributed by atoms with Crippen molar-refractivity contribution in [2.24, 2.45) is 0 Å². The van der Waals surface area contributed by atoms with E-state index in [2.05, 4.69) is 77.0 Å². The smallest absolute Gasteiger partial charge is 0.303 e. The van der Waals surface area contributed by atoms with Crippen LogP contribution in [0, 0.1) is 0 Å². The van der Waals surface area contributed by atoms with Gasteiger partial charge in [0, 0.05) is 0 Å². The molecule has 0 unspecified atom stereocenters. The zero-order valence-corrected chi connectivity index (χ0v) is 35.6. The van der Waals surface area contributed by atoms with E-state index < -0.39 is 15.6 Å². The summed E-state index contributed by atoms with van der Waals surface area (Å²) in [6, 6.07) is 0. The standard InChI is InChI=1S/3C12H27N.2H3O4P/c3*1-4-7-10-13(11-8-5-2)12-9-6-3;2*1-5(2,3)4/h3*4-12H2,1-3H3;2*(H3,1,2,3,4). The summed E-state index contributed by atoms with van der Waals surface area (Å²) in [6.07, 6.45) is 24.3. The normalized spacial score (nSPS) is 11.2. The van der Waals surface area contributed by atoms with Gasteiger partial charge in [-0.3, -0.25) is 0 Å². The second-order valence-electron chi connectivity index (χ2n) is 12.7. The molecule has 0 heterocycles. The van der Waals surface area contributed by atoms with E-state index in [4.69, 9.17) is 38.5 Å². The lowest BCUT2D eigenvalue weighted by molar-refractivity contribution is 0.261. The molecule has 0 aliphatic rings. The van der Waals surface area contributed by atoms with E-state index in [1.165, 1.54) is 174 Å². The quantitative estimate of drug-likeness (QED) is 0.0443. The summed E-state index contributed by atoms with van der Waals surface area (Å²) in [5, 5.41) is 0. The molecule has 6 N–H and O–H groups in total. The second kappa shape index (κ2) is 46.1. The van der Waals surface area contributed by atoms with E-state index in [-0.39, 0.29) is 0 Å². The van der Waals surface area contributed by atoms with Crippen molar-refractivity contribution in [1.82, 2.24) is 14.7 Å². The molecule has 49 heavy (non-hydrogen) atoms. The van der Waals surface area contributed by atoms with Gasteiger partial charge in [0.05, 0.1) is 0 Å². The van der Waals surface area contributed by atoms with E-state index >= 15 is 0 Å². The van der Waals surface area contributed by atoms with E-state index in [0.29, 0.717) is 0 Å². The molecular weight excluding hydrogens is 664 g/mol. The molecule has 0 aliphatic carbocycles. The van der Waals surface area contributed by atoms with E-state index in [0.717, 1.165) is 0 Å². The van der Waals surface area contributed by atoms with Gasteiger partial charge in [-0.15, -0.1) is 0 Å². The topological polar surface area (TPSA) is 165 Å². The summed E-state index contributed by atoms with van der Waals surface area (Å²) in [5.74, 6) is 0. The van der Waals surface area contributed by atoms with Crippen LogP contribution in [0.25, 0.3) is 0 Å². The predicted molar refractivity (Wildman–Crippen MR) is 212 cm³/mol. The van der Waals surface area contributed by atoms with Crippen molar-refractivity contribution in [2.75, 3.05) is 58.9 Å². The van der Waals surface area contributed by atoms with Crippen LogP contribution in [0.4, 0.5) is 0 Å². The van der Waals surface area contributed by atoms with Crippen LogP contribution in [-0.4, -0.2) is 103 Å². The van der Waals surface area contributed by atoms with Crippen LogP contribution in [0.1, 0.15) is 178 Å². The number of phosphoric acid groups is 2. The Morgan fingerprint density at radius 1 is 0.286 bits per heavy atom. The fourth-order valence-corrected chi connectivity index (χ4v) is 4.44. The zero-order valence-electron chi connectivity index (χ0n) is 33.8. The monoisotopic (exact) mass is 752 g/mol. The van der Waals surface area contributed by atoms with E-state index in [1.54, 1.807) is 0 Å². The minimum atomic E-state index is -4.64. The third-order valence-corrected chi connectivity index (χ3v) is 7.45. The zero-order chi connectivity index (χ0) is 38.8. The molecule has 0 bridgehead atoms. The van der Waals surface area contributed by atoms with Crippen LogP contribution < -0.4 is 0 Å². The van der Waals surface area contributed by atoms with Crippen LogP contribution in [-0.2, 0) is 9.13 Å². The van der Waals surface area contributed by atoms with Gasteiger partial charge in [-0.2, -0.15) is 0 Å². The molecule has 0 rings (SSSR count). The maximum absolute atomic E-state index is 8.88. The summed E-state index contributed by atoms with van der Waals surface area (Å²) < 4.78 is 17.8. The molecule has 0 fully saturated rings. The van der Waals surface area contributed by atoms with Gasteiger partial charge < -0.3 is 44.1 Å². The van der Waals surface area contributed by atoms with Gasteiger partial charge in [-0.25, -0.2) is 9.13 Å². The van der Waals surface area contributed by atoms with Gasteiger partial charge in [-0.05, 0) is 117 Å². The van der Waals surface area contributed by atoms with Gasteiger partial charge in [0.15, 0.2) is 0 Å². The van der Waals surface area contributed by atoms with Crippen molar-refractivity contribution in [1.29, 1.82) is 0 Å². The highest BCUT2D eigenvalue weighted by Gasteiger charge is 2.04. The second-order valence-corrected chi connectivity index (χ2v) is 14.8. The van der Waals surface area contributed by atoms with Gasteiger partial charge in [0.25, 0.3) is 0 Å². The number of unbranched alkanes of at least 4 members (excludes halogenated alkanes) is 9. The highest BCUT2D eigenvalue weighted by molar-refractivity contribution is 7.45. The Labute approximate surface area is 305 Å². The molecule has 0 aliphatic heterocycles. The molecule has 0 aromatic rings. The van der Waals surface area contributed by atoms with Crippen molar-refractivity contribution >= 4 is 15.6 Å².